The van der Waals surface area contributed by atoms with E-state index in [-0.39, 0.29) is 18.3 Å². The molecule has 0 N–H and O–H groups in total. The number of carbonyl (C=O) groups is 1. The van der Waals surface area contributed by atoms with Crippen LogP contribution in [-0.2, 0) is 6.61 Å². The van der Waals surface area contributed by atoms with Gasteiger partial charge in [-0.15, -0.1) is 0 Å². The standard InChI is InChI=1S/C22H20BrFN2O3/c23-16-2-1-3-19(14-16)28-15-20-8-9-21(29-20)22(27)26-12-10-25(11-13-26)18-6-4-17(24)5-7-18/h1-9,14H,10-13,15H2. The van der Waals surface area contributed by atoms with Crippen LogP contribution in [0.2, 0.25) is 0 Å². The van der Waals surface area contributed by atoms with Crippen molar-refractivity contribution in [3.63, 3.8) is 0 Å². The number of carbonyl (C=O) groups excluding carboxylic acids is 1. The monoisotopic (exact) mass is 458 g/mol. The maximum Gasteiger partial charge on any atom is 0.289 e. The fourth-order valence-corrected chi connectivity index (χ4v) is 3.64. The van der Waals surface area contributed by atoms with Gasteiger partial charge in [-0.25, -0.2) is 4.39 Å². The van der Waals surface area contributed by atoms with E-state index in [1.165, 1.54) is 12.1 Å². The van der Waals surface area contributed by atoms with Crippen molar-refractivity contribution in [1.82, 2.24) is 4.90 Å². The molecule has 1 saturated heterocycles. The average Bonchev–Trinajstić information content (AvgIpc) is 3.22. The molecule has 4 rings (SSSR count). The van der Waals surface area contributed by atoms with Gasteiger partial charge in [0.05, 0.1) is 0 Å². The number of ether oxygens (including phenoxy) is 1. The Balaban J connectivity index is 1.31. The lowest BCUT2D eigenvalue weighted by Crippen LogP contribution is -2.48. The highest BCUT2D eigenvalue weighted by Crippen LogP contribution is 2.21. The number of anilines is 1. The third kappa shape index (κ3) is 4.79. The predicted molar refractivity (Wildman–Crippen MR) is 112 cm³/mol. The predicted octanol–water partition coefficient (Wildman–Crippen LogP) is 4.72. The van der Waals surface area contributed by atoms with Crippen molar-refractivity contribution in [2.24, 2.45) is 0 Å². The molecular weight excluding hydrogens is 439 g/mol. The summed E-state index contributed by atoms with van der Waals surface area (Å²) in [5, 5.41) is 0. The van der Waals surface area contributed by atoms with Gasteiger partial charge >= 0.3 is 0 Å². The van der Waals surface area contributed by atoms with Crippen molar-refractivity contribution in [2.45, 2.75) is 6.61 Å². The summed E-state index contributed by atoms with van der Waals surface area (Å²) in [6.45, 7) is 2.80. The van der Waals surface area contributed by atoms with Gasteiger partial charge in [-0.2, -0.15) is 0 Å². The Kier molecular flexibility index (Phi) is 5.85. The number of benzene rings is 2. The van der Waals surface area contributed by atoms with Crippen molar-refractivity contribution < 1.29 is 18.3 Å². The van der Waals surface area contributed by atoms with Crippen molar-refractivity contribution in [3.8, 4) is 5.75 Å². The molecule has 0 atom stereocenters. The molecule has 0 bridgehead atoms. The van der Waals surface area contributed by atoms with E-state index in [0.29, 0.717) is 37.7 Å². The fourth-order valence-electron chi connectivity index (χ4n) is 3.26. The van der Waals surface area contributed by atoms with E-state index in [4.69, 9.17) is 9.15 Å². The minimum Gasteiger partial charge on any atom is -0.486 e. The van der Waals surface area contributed by atoms with Crippen LogP contribution < -0.4 is 9.64 Å². The first-order chi connectivity index (χ1) is 14.1. The minimum absolute atomic E-state index is 0.127. The Morgan fingerprint density at radius 3 is 2.52 bits per heavy atom. The van der Waals surface area contributed by atoms with Crippen LogP contribution in [0.3, 0.4) is 0 Å². The molecule has 0 aliphatic carbocycles. The first kappa shape index (κ1) is 19.5. The zero-order valence-electron chi connectivity index (χ0n) is 15.7. The van der Waals surface area contributed by atoms with Crippen molar-refractivity contribution in [3.05, 3.63) is 82.5 Å². The summed E-state index contributed by atoms with van der Waals surface area (Å²) in [6.07, 6.45) is 0. The van der Waals surface area contributed by atoms with Crippen LogP contribution in [0.25, 0.3) is 0 Å². The van der Waals surface area contributed by atoms with Gasteiger partial charge in [-0.3, -0.25) is 4.79 Å². The molecule has 1 aliphatic heterocycles. The summed E-state index contributed by atoms with van der Waals surface area (Å²) in [5.41, 5.74) is 0.962. The molecule has 0 unspecified atom stereocenters. The van der Waals surface area contributed by atoms with Crippen LogP contribution in [0, 0.1) is 5.82 Å². The third-order valence-electron chi connectivity index (χ3n) is 4.81. The normalized spacial score (nSPS) is 14.1. The number of hydrogen-bond donors (Lipinski definition) is 0. The number of amides is 1. The highest BCUT2D eigenvalue weighted by atomic mass is 79.9. The molecule has 2 aromatic carbocycles. The number of nitrogens with zero attached hydrogens (tertiary/aromatic N) is 2. The summed E-state index contributed by atoms with van der Waals surface area (Å²) >= 11 is 3.40. The van der Waals surface area contributed by atoms with E-state index >= 15 is 0 Å². The molecular formula is C22H20BrFN2O3. The first-order valence-corrected chi connectivity index (χ1v) is 10.1. The lowest BCUT2D eigenvalue weighted by Gasteiger charge is -2.35. The van der Waals surface area contributed by atoms with Crippen LogP contribution in [0.4, 0.5) is 10.1 Å². The average molecular weight is 459 g/mol. The maximum absolute atomic E-state index is 13.1. The molecule has 1 aliphatic rings. The summed E-state index contributed by atoms with van der Waals surface area (Å²) in [5.74, 6) is 1.25. The van der Waals surface area contributed by atoms with Gasteiger partial charge in [0.1, 0.15) is 23.9 Å². The van der Waals surface area contributed by atoms with Gasteiger partial charge in [-0.1, -0.05) is 22.0 Å². The van der Waals surface area contributed by atoms with Crippen molar-refractivity contribution in [1.29, 1.82) is 0 Å². The lowest BCUT2D eigenvalue weighted by molar-refractivity contribution is 0.0710. The molecule has 1 aromatic heterocycles. The number of furan rings is 1. The van der Waals surface area contributed by atoms with Gasteiger partial charge in [0.25, 0.3) is 5.91 Å². The summed E-state index contributed by atoms with van der Waals surface area (Å²) < 4.78 is 25.4. The Morgan fingerprint density at radius 1 is 1.03 bits per heavy atom. The third-order valence-corrected chi connectivity index (χ3v) is 5.30. The Morgan fingerprint density at radius 2 is 1.79 bits per heavy atom. The Hall–Kier alpha value is -2.80. The number of hydrogen-bond acceptors (Lipinski definition) is 4. The summed E-state index contributed by atoms with van der Waals surface area (Å²) in [7, 11) is 0. The van der Waals surface area contributed by atoms with Crippen molar-refractivity contribution in [2.75, 3.05) is 31.1 Å². The van der Waals surface area contributed by atoms with Gasteiger partial charge in [0.15, 0.2) is 5.76 Å². The number of piperazine rings is 1. The number of halogens is 2. The second kappa shape index (κ2) is 8.69. The lowest BCUT2D eigenvalue weighted by atomic mass is 10.2. The van der Waals surface area contributed by atoms with Gasteiger partial charge in [0.2, 0.25) is 0 Å². The van der Waals surface area contributed by atoms with Crippen molar-refractivity contribution >= 4 is 27.5 Å². The van der Waals surface area contributed by atoms with E-state index < -0.39 is 0 Å². The van der Waals surface area contributed by atoms with Crippen LogP contribution in [-0.4, -0.2) is 37.0 Å². The zero-order valence-corrected chi connectivity index (χ0v) is 17.3. The van der Waals surface area contributed by atoms with Gasteiger partial charge in [-0.05, 0) is 54.6 Å². The smallest absolute Gasteiger partial charge is 0.289 e. The molecule has 7 heteroatoms. The Bertz CT molecular complexity index is 982. The highest BCUT2D eigenvalue weighted by molar-refractivity contribution is 9.10. The maximum atomic E-state index is 13.1. The van der Waals surface area contributed by atoms with Gasteiger partial charge < -0.3 is 19.0 Å². The largest absolute Gasteiger partial charge is 0.486 e. The van der Waals surface area contributed by atoms with Crippen LogP contribution in [0.1, 0.15) is 16.3 Å². The zero-order chi connectivity index (χ0) is 20.2. The second-order valence-corrected chi connectivity index (χ2v) is 7.68. The van der Waals surface area contributed by atoms with E-state index in [1.54, 1.807) is 29.2 Å². The van der Waals surface area contributed by atoms with Crippen LogP contribution >= 0.6 is 15.9 Å². The molecule has 1 amide bonds. The quantitative estimate of drug-likeness (QED) is 0.554. The number of rotatable bonds is 5. The van der Waals surface area contributed by atoms with Gasteiger partial charge in [0, 0.05) is 36.3 Å². The molecule has 0 radical (unpaired) electrons. The first-order valence-electron chi connectivity index (χ1n) is 9.35. The second-order valence-electron chi connectivity index (χ2n) is 6.77. The Labute approximate surface area is 176 Å². The van der Waals surface area contributed by atoms with Crippen LogP contribution in [0.5, 0.6) is 5.75 Å². The summed E-state index contributed by atoms with van der Waals surface area (Å²) in [4.78, 5) is 16.7. The van der Waals surface area contributed by atoms with E-state index in [2.05, 4.69) is 20.8 Å². The molecule has 3 aromatic rings. The molecule has 2 heterocycles. The summed E-state index contributed by atoms with van der Waals surface area (Å²) in [6, 6.07) is 17.4. The van der Waals surface area contributed by atoms with E-state index in [9.17, 15) is 9.18 Å². The molecule has 0 spiro atoms. The van der Waals surface area contributed by atoms with Crippen LogP contribution in [0.15, 0.2) is 69.6 Å². The minimum atomic E-state index is -0.250. The van der Waals surface area contributed by atoms with E-state index in [0.717, 1.165) is 15.9 Å². The topological polar surface area (TPSA) is 45.9 Å². The molecule has 5 nitrogen and oxygen atoms in total. The highest BCUT2D eigenvalue weighted by Gasteiger charge is 2.24. The molecule has 1 fully saturated rings. The van der Waals surface area contributed by atoms with E-state index in [1.807, 2.05) is 24.3 Å². The molecule has 150 valence electrons. The molecule has 0 saturated carbocycles. The molecule has 29 heavy (non-hydrogen) atoms. The fraction of sp³-hybridized carbons (Fsp3) is 0.227. The SMILES string of the molecule is O=C(c1ccc(COc2cccc(Br)c2)o1)N1CCN(c2ccc(F)cc2)CC1.